The Kier molecular flexibility index (Phi) is 2.97. The van der Waals surface area contributed by atoms with Gasteiger partial charge < -0.3 is 15.4 Å². The molecule has 0 aromatic carbocycles. The van der Waals surface area contributed by atoms with Gasteiger partial charge in [0.25, 0.3) is 0 Å². The van der Waals surface area contributed by atoms with Gasteiger partial charge in [-0.15, -0.1) is 0 Å². The summed E-state index contributed by atoms with van der Waals surface area (Å²) in [5.74, 6) is 0.289. The number of rotatable bonds is 3. The van der Waals surface area contributed by atoms with Crippen molar-refractivity contribution in [3.05, 3.63) is 12.3 Å². The average molecular weight is 198 g/mol. The van der Waals surface area contributed by atoms with E-state index in [-0.39, 0.29) is 12.0 Å². The van der Waals surface area contributed by atoms with E-state index in [2.05, 4.69) is 6.58 Å². The lowest BCUT2D eigenvalue weighted by Crippen LogP contribution is -2.53. The zero-order chi connectivity index (χ0) is 10.9. The first-order valence-electron chi connectivity index (χ1n) is 4.69. The predicted molar refractivity (Wildman–Crippen MR) is 54.5 cm³/mol. The fourth-order valence-electron chi connectivity index (χ4n) is 2.00. The van der Waals surface area contributed by atoms with Crippen LogP contribution in [0.25, 0.3) is 0 Å². The first-order chi connectivity index (χ1) is 6.47. The summed E-state index contributed by atoms with van der Waals surface area (Å²) in [7, 11) is 1.60. The van der Waals surface area contributed by atoms with Crippen LogP contribution in [-0.2, 0) is 9.53 Å². The lowest BCUT2D eigenvalue weighted by molar-refractivity contribution is -0.115. The maximum absolute atomic E-state index is 10.7. The number of hydrogen-bond acceptors (Lipinski definition) is 4. The summed E-state index contributed by atoms with van der Waals surface area (Å²) in [6.07, 6.45) is 0.738. The van der Waals surface area contributed by atoms with E-state index in [1.165, 1.54) is 0 Å². The molecule has 0 radical (unpaired) electrons. The minimum Gasteiger partial charge on any atom is -0.358 e. The quantitative estimate of drug-likeness (QED) is 0.525. The summed E-state index contributed by atoms with van der Waals surface area (Å²) < 4.78 is 5.40. The molecule has 4 nitrogen and oxygen atoms in total. The van der Waals surface area contributed by atoms with Crippen LogP contribution in [0.1, 0.15) is 13.8 Å². The predicted octanol–water partition coefficient (Wildman–Crippen LogP) is 0.341. The van der Waals surface area contributed by atoms with E-state index >= 15 is 0 Å². The molecule has 0 bridgehead atoms. The summed E-state index contributed by atoms with van der Waals surface area (Å²) in [5.41, 5.74) is 5.84. The molecule has 3 atom stereocenters. The Morgan fingerprint density at radius 3 is 2.79 bits per heavy atom. The molecule has 0 aromatic rings. The van der Waals surface area contributed by atoms with Gasteiger partial charge in [0.05, 0.1) is 11.7 Å². The Morgan fingerprint density at radius 2 is 2.36 bits per heavy atom. The summed E-state index contributed by atoms with van der Waals surface area (Å²) in [6.45, 7) is 8.33. The molecular weight excluding hydrogens is 180 g/mol. The number of carbonyl (C=O) groups excluding carboxylic acids is 1. The van der Waals surface area contributed by atoms with Crippen LogP contribution in [0.3, 0.4) is 0 Å². The minimum absolute atomic E-state index is 0.107. The van der Waals surface area contributed by atoms with Gasteiger partial charge in [-0.05, 0) is 12.8 Å². The standard InChI is InChI=1S/C10H18N2O2/c1-7-5-12(8(2)6-13)10(3,14-4)9(7)11/h6-7,9H,2,5,11H2,1,3-4H3/t7?,9?,10-/m1/s1. The molecule has 1 aliphatic heterocycles. The molecule has 1 aliphatic rings. The van der Waals surface area contributed by atoms with Crippen LogP contribution in [-0.4, -0.2) is 36.6 Å². The Morgan fingerprint density at radius 1 is 1.79 bits per heavy atom. The van der Waals surface area contributed by atoms with Crippen molar-refractivity contribution in [3.63, 3.8) is 0 Å². The van der Waals surface area contributed by atoms with Crippen LogP contribution in [0, 0.1) is 5.92 Å². The van der Waals surface area contributed by atoms with Gasteiger partial charge in [-0.2, -0.15) is 0 Å². The smallest absolute Gasteiger partial charge is 0.165 e. The van der Waals surface area contributed by atoms with Crippen LogP contribution in [0.4, 0.5) is 0 Å². The van der Waals surface area contributed by atoms with Gasteiger partial charge in [0.1, 0.15) is 0 Å². The van der Waals surface area contributed by atoms with Crippen molar-refractivity contribution in [2.45, 2.75) is 25.6 Å². The molecule has 1 saturated heterocycles. The second kappa shape index (κ2) is 3.71. The lowest BCUT2D eigenvalue weighted by atomic mass is 10.00. The summed E-state index contributed by atoms with van der Waals surface area (Å²) in [4.78, 5) is 12.5. The van der Waals surface area contributed by atoms with Gasteiger partial charge in [-0.1, -0.05) is 13.5 Å². The molecule has 0 saturated carbocycles. The van der Waals surface area contributed by atoms with E-state index in [0.29, 0.717) is 12.2 Å². The van der Waals surface area contributed by atoms with E-state index in [4.69, 9.17) is 10.5 Å². The molecule has 0 aliphatic carbocycles. The number of hydrogen-bond donors (Lipinski definition) is 1. The van der Waals surface area contributed by atoms with E-state index in [9.17, 15) is 4.79 Å². The number of carbonyl (C=O) groups is 1. The van der Waals surface area contributed by atoms with Crippen molar-refractivity contribution in [1.82, 2.24) is 4.90 Å². The third kappa shape index (κ3) is 1.44. The molecule has 2 N–H and O–H groups in total. The number of methoxy groups -OCH3 is 1. The third-order valence-corrected chi connectivity index (χ3v) is 3.13. The van der Waals surface area contributed by atoms with Crippen LogP contribution >= 0.6 is 0 Å². The molecule has 0 amide bonds. The van der Waals surface area contributed by atoms with Crippen molar-refractivity contribution in [2.75, 3.05) is 13.7 Å². The number of likely N-dealkylation sites (tertiary alicyclic amines) is 1. The third-order valence-electron chi connectivity index (χ3n) is 3.13. The number of nitrogens with two attached hydrogens (primary N) is 1. The summed E-state index contributed by atoms with van der Waals surface area (Å²) in [6, 6.07) is -0.107. The first-order valence-corrected chi connectivity index (χ1v) is 4.69. The Hall–Kier alpha value is -0.870. The van der Waals surface area contributed by atoms with E-state index < -0.39 is 5.72 Å². The fourth-order valence-corrected chi connectivity index (χ4v) is 2.00. The van der Waals surface area contributed by atoms with Gasteiger partial charge in [0, 0.05) is 13.7 Å². The monoisotopic (exact) mass is 198 g/mol. The molecule has 1 rings (SSSR count). The van der Waals surface area contributed by atoms with E-state index in [1.54, 1.807) is 7.11 Å². The van der Waals surface area contributed by atoms with Crippen molar-refractivity contribution >= 4 is 6.29 Å². The molecule has 1 heterocycles. The lowest BCUT2D eigenvalue weighted by Gasteiger charge is -2.37. The van der Waals surface area contributed by atoms with Crippen LogP contribution in [0.2, 0.25) is 0 Å². The number of nitrogens with zero attached hydrogens (tertiary/aromatic N) is 1. The largest absolute Gasteiger partial charge is 0.358 e. The highest BCUT2D eigenvalue weighted by atomic mass is 16.5. The summed E-state index contributed by atoms with van der Waals surface area (Å²) >= 11 is 0. The fraction of sp³-hybridized carbons (Fsp3) is 0.700. The molecule has 14 heavy (non-hydrogen) atoms. The highest BCUT2D eigenvalue weighted by Crippen LogP contribution is 2.34. The first kappa shape index (κ1) is 11.2. The molecular formula is C10H18N2O2. The van der Waals surface area contributed by atoms with E-state index in [0.717, 1.165) is 6.29 Å². The second-order valence-corrected chi connectivity index (χ2v) is 3.98. The molecule has 1 fully saturated rings. The topological polar surface area (TPSA) is 55.6 Å². The van der Waals surface area contributed by atoms with E-state index in [1.807, 2.05) is 18.7 Å². The zero-order valence-corrected chi connectivity index (χ0v) is 8.99. The molecule has 4 heteroatoms. The Labute approximate surface area is 84.7 Å². The maximum Gasteiger partial charge on any atom is 0.165 e. The van der Waals surface area contributed by atoms with Crippen LogP contribution in [0.5, 0.6) is 0 Å². The summed E-state index contributed by atoms with van der Waals surface area (Å²) in [5, 5.41) is 0. The van der Waals surface area contributed by atoms with Crippen LogP contribution in [0.15, 0.2) is 12.3 Å². The number of ether oxygens (including phenoxy) is 1. The minimum atomic E-state index is -0.614. The van der Waals surface area contributed by atoms with Crippen molar-refractivity contribution in [2.24, 2.45) is 11.7 Å². The average Bonchev–Trinajstić information content (AvgIpc) is 2.42. The zero-order valence-electron chi connectivity index (χ0n) is 8.99. The Balaban J connectivity index is 2.97. The van der Waals surface area contributed by atoms with Gasteiger partial charge in [-0.3, -0.25) is 4.79 Å². The Bertz CT molecular complexity index is 255. The van der Waals surface area contributed by atoms with Crippen LogP contribution < -0.4 is 5.73 Å². The van der Waals surface area contributed by atoms with Crippen molar-refractivity contribution in [3.8, 4) is 0 Å². The highest BCUT2D eigenvalue weighted by molar-refractivity contribution is 5.71. The van der Waals surface area contributed by atoms with Gasteiger partial charge in [0.2, 0.25) is 0 Å². The second-order valence-electron chi connectivity index (χ2n) is 3.98. The van der Waals surface area contributed by atoms with Gasteiger partial charge in [0.15, 0.2) is 12.0 Å². The SMILES string of the molecule is C=C(C=O)N1CC(C)C(N)[C@@]1(C)OC. The number of aldehydes is 1. The normalized spacial score (nSPS) is 37.3. The highest BCUT2D eigenvalue weighted by Gasteiger charge is 2.48. The molecule has 2 unspecified atom stereocenters. The maximum atomic E-state index is 10.7. The van der Waals surface area contributed by atoms with Crippen molar-refractivity contribution in [1.29, 1.82) is 0 Å². The van der Waals surface area contributed by atoms with Crippen molar-refractivity contribution < 1.29 is 9.53 Å². The molecule has 80 valence electrons. The number of allylic oxidation sites excluding steroid dienone is 1. The molecule has 0 spiro atoms. The van der Waals surface area contributed by atoms with Gasteiger partial charge in [-0.25, -0.2) is 0 Å². The molecule has 0 aromatic heterocycles. The van der Waals surface area contributed by atoms with Gasteiger partial charge >= 0.3 is 0 Å².